The van der Waals surface area contributed by atoms with Crippen LogP contribution in [0.5, 0.6) is 0 Å². The average molecular weight is 383 g/mol. The Kier molecular flexibility index (Phi) is 4.93. The summed E-state index contributed by atoms with van der Waals surface area (Å²) >= 11 is 0. The van der Waals surface area contributed by atoms with E-state index >= 15 is 0 Å². The van der Waals surface area contributed by atoms with Gasteiger partial charge < -0.3 is 14.4 Å². The van der Waals surface area contributed by atoms with E-state index in [1.807, 2.05) is 6.92 Å². The molecule has 2 heterocycles. The number of halogens is 1. The van der Waals surface area contributed by atoms with Crippen LogP contribution in [-0.2, 0) is 6.54 Å². The topological polar surface area (TPSA) is 87.9 Å². The zero-order chi connectivity index (χ0) is 19.7. The average Bonchev–Trinajstić information content (AvgIpc) is 3.25. The first kappa shape index (κ1) is 18.3. The van der Waals surface area contributed by atoms with E-state index in [0.717, 1.165) is 18.4 Å². The molecule has 0 saturated heterocycles. The van der Waals surface area contributed by atoms with E-state index < -0.39 is 0 Å². The van der Waals surface area contributed by atoms with E-state index in [1.54, 1.807) is 24.0 Å². The normalized spacial score (nSPS) is 14.1. The molecule has 0 bridgehead atoms. The number of nitrogens with zero attached hydrogens (tertiary/aromatic N) is 4. The number of aryl methyl sites for hydroxylation is 1. The second kappa shape index (κ2) is 7.53. The van der Waals surface area contributed by atoms with Crippen molar-refractivity contribution in [2.75, 3.05) is 6.54 Å². The van der Waals surface area contributed by atoms with Gasteiger partial charge in [0.15, 0.2) is 5.82 Å². The van der Waals surface area contributed by atoms with Gasteiger partial charge in [0, 0.05) is 23.7 Å². The molecule has 0 spiro atoms. The Labute approximate surface area is 162 Å². The first-order chi connectivity index (χ1) is 13.5. The Balaban J connectivity index is 1.51. The van der Waals surface area contributed by atoms with Crippen LogP contribution in [0.15, 0.2) is 28.8 Å². The molecule has 0 aliphatic heterocycles. The van der Waals surface area contributed by atoms with Crippen molar-refractivity contribution in [3.63, 3.8) is 0 Å². The zero-order valence-corrected chi connectivity index (χ0v) is 15.9. The minimum Gasteiger partial charge on any atom is -0.341 e. The summed E-state index contributed by atoms with van der Waals surface area (Å²) in [5, 5.41) is 4.02. The van der Waals surface area contributed by atoms with Crippen molar-refractivity contribution >= 4 is 5.91 Å². The van der Waals surface area contributed by atoms with Gasteiger partial charge in [-0.1, -0.05) is 11.6 Å². The van der Waals surface area contributed by atoms with Gasteiger partial charge in [0.05, 0.1) is 6.54 Å². The highest BCUT2D eigenvalue weighted by molar-refractivity contribution is 5.94. The van der Waals surface area contributed by atoms with Crippen molar-refractivity contribution in [2.24, 2.45) is 0 Å². The van der Waals surface area contributed by atoms with Crippen LogP contribution in [0.3, 0.4) is 0 Å². The van der Waals surface area contributed by atoms with Gasteiger partial charge in [-0.05, 0) is 51.0 Å². The number of carbonyl (C=O) groups excluding carboxylic acids is 1. The predicted octanol–water partition coefficient (Wildman–Crippen LogP) is 3.84. The lowest BCUT2D eigenvalue weighted by atomic mass is 9.85. The van der Waals surface area contributed by atoms with Crippen LogP contribution in [0, 0.1) is 12.7 Å². The minimum absolute atomic E-state index is 0.209. The third kappa shape index (κ3) is 3.54. The molecule has 1 fully saturated rings. The van der Waals surface area contributed by atoms with E-state index in [9.17, 15) is 9.18 Å². The second-order valence-corrected chi connectivity index (χ2v) is 7.06. The summed E-state index contributed by atoms with van der Waals surface area (Å²) in [7, 11) is 0. The molecule has 1 saturated carbocycles. The Morgan fingerprint density at radius 3 is 2.68 bits per heavy atom. The molecule has 28 heavy (non-hydrogen) atoms. The number of H-pyrrole nitrogens is 1. The second-order valence-electron chi connectivity index (χ2n) is 7.06. The zero-order valence-electron chi connectivity index (χ0n) is 15.9. The van der Waals surface area contributed by atoms with E-state index in [2.05, 4.69) is 20.1 Å². The van der Waals surface area contributed by atoms with Crippen LogP contribution in [0.25, 0.3) is 11.4 Å². The molecule has 0 radical (unpaired) electrons. The molecule has 1 amide bonds. The lowest BCUT2D eigenvalue weighted by Crippen LogP contribution is -2.31. The quantitative estimate of drug-likeness (QED) is 0.699. The van der Waals surface area contributed by atoms with Crippen molar-refractivity contribution in [2.45, 2.75) is 45.6 Å². The predicted molar refractivity (Wildman–Crippen MR) is 100 cm³/mol. The van der Waals surface area contributed by atoms with E-state index in [1.165, 1.54) is 18.6 Å². The smallest absolute Gasteiger partial charge is 0.274 e. The molecule has 146 valence electrons. The van der Waals surface area contributed by atoms with Gasteiger partial charge >= 0.3 is 0 Å². The van der Waals surface area contributed by atoms with Crippen LogP contribution in [0.4, 0.5) is 4.39 Å². The fraction of sp³-hybridized carbons (Fsp3) is 0.400. The molecule has 1 N–H and O–H groups in total. The standard InChI is InChI=1S/C20H22FN5O2/c1-3-26(11-16-23-19(28-25-16)14-5-4-6-14)20(27)17-12(2)22-18(24-17)13-7-9-15(21)10-8-13/h7-10,14H,3-6,11H2,1-2H3,(H,22,24). The molecule has 1 aliphatic rings. The summed E-state index contributed by atoms with van der Waals surface area (Å²) in [4.78, 5) is 26.6. The fourth-order valence-electron chi connectivity index (χ4n) is 3.21. The van der Waals surface area contributed by atoms with Gasteiger partial charge in [-0.2, -0.15) is 4.98 Å². The Morgan fingerprint density at radius 2 is 2.04 bits per heavy atom. The summed E-state index contributed by atoms with van der Waals surface area (Å²) in [6.07, 6.45) is 3.35. The largest absolute Gasteiger partial charge is 0.341 e. The first-order valence-corrected chi connectivity index (χ1v) is 9.49. The maximum absolute atomic E-state index is 13.1. The highest BCUT2D eigenvalue weighted by atomic mass is 19.1. The van der Waals surface area contributed by atoms with Gasteiger partial charge in [0.1, 0.15) is 17.3 Å². The van der Waals surface area contributed by atoms with Crippen LogP contribution >= 0.6 is 0 Å². The summed E-state index contributed by atoms with van der Waals surface area (Å²) in [6, 6.07) is 5.98. The van der Waals surface area contributed by atoms with Crippen molar-refractivity contribution in [1.82, 2.24) is 25.0 Å². The first-order valence-electron chi connectivity index (χ1n) is 9.49. The molecule has 3 aromatic rings. The monoisotopic (exact) mass is 383 g/mol. The SMILES string of the molecule is CCN(Cc1noc(C2CCC2)n1)C(=O)c1nc(-c2ccc(F)cc2)[nH]c1C. The van der Waals surface area contributed by atoms with Gasteiger partial charge in [-0.3, -0.25) is 4.79 Å². The number of amides is 1. The van der Waals surface area contributed by atoms with Crippen molar-refractivity contribution < 1.29 is 13.7 Å². The van der Waals surface area contributed by atoms with Crippen molar-refractivity contribution in [3.05, 3.63) is 53.2 Å². The third-order valence-corrected chi connectivity index (χ3v) is 5.14. The van der Waals surface area contributed by atoms with Gasteiger partial charge in [-0.25, -0.2) is 9.37 Å². The number of imidazole rings is 1. The van der Waals surface area contributed by atoms with Crippen LogP contribution in [0.2, 0.25) is 0 Å². The number of aromatic nitrogens is 4. The molecule has 2 aromatic heterocycles. The number of nitrogens with one attached hydrogen (secondary N) is 1. The highest BCUT2D eigenvalue weighted by Crippen LogP contribution is 2.35. The molecule has 8 heteroatoms. The Hall–Kier alpha value is -3.03. The number of hydrogen-bond donors (Lipinski definition) is 1. The summed E-state index contributed by atoms with van der Waals surface area (Å²) < 4.78 is 18.5. The van der Waals surface area contributed by atoms with Gasteiger partial charge in [0.25, 0.3) is 5.91 Å². The highest BCUT2D eigenvalue weighted by Gasteiger charge is 2.27. The Morgan fingerprint density at radius 1 is 1.29 bits per heavy atom. The molecule has 0 atom stereocenters. The van der Waals surface area contributed by atoms with E-state index in [0.29, 0.717) is 41.4 Å². The molecule has 0 unspecified atom stereocenters. The fourth-order valence-corrected chi connectivity index (χ4v) is 3.21. The van der Waals surface area contributed by atoms with Crippen molar-refractivity contribution in [1.29, 1.82) is 0 Å². The minimum atomic E-state index is -0.318. The summed E-state index contributed by atoms with van der Waals surface area (Å²) in [6.45, 7) is 4.45. The van der Waals surface area contributed by atoms with Crippen LogP contribution in [0.1, 0.15) is 60.0 Å². The molecular weight excluding hydrogens is 361 g/mol. The van der Waals surface area contributed by atoms with Crippen LogP contribution < -0.4 is 0 Å². The molecular formula is C20H22FN5O2. The van der Waals surface area contributed by atoms with Crippen LogP contribution in [-0.4, -0.2) is 37.5 Å². The van der Waals surface area contributed by atoms with Gasteiger partial charge in [0.2, 0.25) is 5.89 Å². The maximum atomic E-state index is 13.1. The van der Waals surface area contributed by atoms with Crippen molar-refractivity contribution in [3.8, 4) is 11.4 Å². The maximum Gasteiger partial charge on any atom is 0.274 e. The lowest BCUT2D eigenvalue weighted by molar-refractivity contribution is 0.0741. The number of carbonyl (C=O) groups is 1. The molecule has 7 nitrogen and oxygen atoms in total. The molecule has 4 rings (SSSR count). The number of aromatic amines is 1. The molecule has 1 aliphatic carbocycles. The Bertz CT molecular complexity index is 975. The third-order valence-electron chi connectivity index (χ3n) is 5.14. The number of benzene rings is 1. The number of hydrogen-bond acceptors (Lipinski definition) is 5. The summed E-state index contributed by atoms with van der Waals surface area (Å²) in [5.74, 6) is 1.53. The summed E-state index contributed by atoms with van der Waals surface area (Å²) in [5.41, 5.74) is 1.71. The molecule has 1 aromatic carbocycles. The van der Waals surface area contributed by atoms with Gasteiger partial charge in [-0.15, -0.1) is 0 Å². The number of rotatable bonds is 6. The van der Waals surface area contributed by atoms with E-state index in [4.69, 9.17) is 4.52 Å². The lowest BCUT2D eigenvalue weighted by Gasteiger charge is -2.20. The van der Waals surface area contributed by atoms with E-state index in [-0.39, 0.29) is 18.3 Å².